The van der Waals surface area contributed by atoms with Gasteiger partial charge in [-0.05, 0) is 58.3 Å². The lowest BCUT2D eigenvalue weighted by molar-refractivity contribution is 0.0942. The van der Waals surface area contributed by atoms with E-state index in [0.717, 1.165) is 78.0 Å². The Balaban J connectivity index is 0.750. The van der Waals surface area contributed by atoms with E-state index in [1.165, 1.54) is 10.8 Å². The topological polar surface area (TPSA) is 110 Å². The number of aromatic nitrogens is 4. The minimum atomic E-state index is -0.187. The Hall–Kier alpha value is -7.32. The summed E-state index contributed by atoms with van der Waals surface area (Å²) in [6.45, 7) is 0.718. The third-order valence-corrected chi connectivity index (χ3v) is 10.6. The second-order valence-electron chi connectivity index (χ2n) is 13.8. The quantitative estimate of drug-likeness (QED) is 0.180. The third kappa shape index (κ3) is 4.70. The van der Waals surface area contributed by atoms with Crippen LogP contribution in [0.1, 0.15) is 31.8 Å². The predicted octanol–water partition coefficient (Wildman–Crippen LogP) is 9.03. The number of benzene rings is 7. The lowest BCUT2D eigenvalue weighted by Crippen LogP contribution is -2.23. The van der Waals surface area contributed by atoms with E-state index in [9.17, 15) is 9.59 Å². The van der Waals surface area contributed by atoms with E-state index in [4.69, 9.17) is 19.9 Å². The Labute approximate surface area is 308 Å². The van der Waals surface area contributed by atoms with Crippen LogP contribution in [0.15, 0.2) is 133 Å². The lowest BCUT2D eigenvalue weighted by atomic mass is 10.0. The second kappa shape index (κ2) is 11.6. The number of rotatable bonds is 6. The van der Waals surface area contributed by atoms with Crippen molar-refractivity contribution in [2.24, 2.45) is 0 Å². The molecule has 7 aromatic carbocycles. The third-order valence-electron chi connectivity index (χ3n) is 10.6. The van der Waals surface area contributed by atoms with Gasteiger partial charge in [-0.25, -0.2) is 19.9 Å². The van der Waals surface area contributed by atoms with Crippen LogP contribution in [-0.4, -0.2) is 31.8 Å². The molecular weight excluding hydrogens is 669 g/mol. The summed E-state index contributed by atoms with van der Waals surface area (Å²) >= 11 is 0. The molecule has 2 aromatic heterocycles. The Morgan fingerprint density at radius 2 is 0.759 bits per heavy atom. The first kappa shape index (κ1) is 30.3. The maximum atomic E-state index is 13.2. The first-order valence-corrected chi connectivity index (χ1v) is 17.9. The van der Waals surface area contributed by atoms with Gasteiger partial charge in [-0.15, -0.1) is 0 Å². The summed E-state index contributed by atoms with van der Waals surface area (Å²) in [4.78, 5) is 46.3. The van der Waals surface area contributed by atoms with Crippen LogP contribution < -0.4 is 10.6 Å². The second-order valence-corrected chi connectivity index (χ2v) is 13.8. The molecule has 0 bridgehead atoms. The normalized spacial score (nSPS) is 12.0. The SMILES string of the molecule is O=C(NCc1ccc(CNC(=O)c2ccc3nc4c(nc3c2)-c2cccc3cccc-4c23)cc1)c1ccc2nc3c(nc2c1)-c1cccc2cccc-3c12. The standard InChI is InChI=1S/C46H28N6O2/c53-45(29-17-19-35-37(21-29)51-43-33-11-3-7-27-5-1-9-31(39(27)33)41(43)49-35)47-23-25-13-15-26(16-14-25)24-48-46(54)30-18-20-36-38(22-30)52-44-34-12-4-8-28-6-2-10-32(40(28)34)42(44)50-36/h1-22H,23-24H2,(H,47,53)(H,48,54). The summed E-state index contributed by atoms with van der Waals surface area (Å²) in [6.07, 6.45) is 0. The van der Waals surface area contributed by atoms with Gasteiger partial charge in [-0.1, -0.05) is 97.1 Å². The zero-order valence-corrected chi connectivity index (χ0v) is 28.7. The predicted molar refractivity (Wildman–Crippen MR) is 212 cm³/mol. The molecule has 2 N–H and O–H groups in total. The van der Waals surface area contributed by atoms with Crippen molar-refractivity contribution in [2.75, 3.05) is 0 Å². The highest BCUT2D eigenvalue weighted by atomic mass is 16.2. The fourth-order valence-corrected chi connectivity index (χ4v) is 7.96. The molecule has 0 radical (unpaired) electrons. The maximum Gasteiger partial charge on any atom is 0.251 e. The Morgan fingerprint density at radius 3 is 1.13 bits per heavy atom. The first-order chi connectivity index (χ1) is 26.6. The molecule has 0 saturated heterocycles. The van der Waals surface area contributed by atoms with Gasteiger partial charge in [0.1, 0.15) is 0 Å². The van der Waals surface area contributed by atoms with Crippen molar-refractivity contribution in [1.82, 2.24) is 30.6 Å². The summed E-state index contributed by atoms with van der Waals surface area (Å²) in [5.41, 5.74) is 13.6. The molecular formula is C46H28N6O2. The molecule has 0 fully saturated rings. The number of amides is 2. The average molecular weight is 697 g/mol. The number of carbonyl (C=O) groups is 2. The van der Waals surface area contributed by atoms with Crippen molar-refractivity contribution >= 4 is 55.4 Å². The largest absolute Gasteiger partial charge is 0.348 e. The molecule has 8 nitrogen and oxygen atoms in total. The molecule has 11 rings (SSSR count). The highest BCUT2D eigenvalue weighted by Crippen LogP contribution is 2.47. The Bertz CT molecular complexity index is 2880. The molecule has 8 heteroatoms. The molecule has 2 amide bonds. The number of nitrogens with zero attached hydrogens (tertiary/aromatic N) is 4. The minimum Gasteiger partial charge on any atom is -0.348 e. The maximum absolute atomic E-state index is 13.2. The van der Waals surface area contributed by atoms with E-state index in [1.54, 1.807) is 24.3 Å². The number of carbonyl (C=O) groups excluding carboxylic acids is 2. The number of nitrogens with one attached hydrogen (secondary N) is 2. The van der Waals surface area contributed by atoms with E-state index in [2.05, 4.69) is 59.2 Å². The molecule has 9 aromatic rings. The molecule has 0 spiro atoms. The van der Waals surface area contributed by atoms with Crippen molar-refractivity contribution in [3.8, 4) is 45.0 Å². The van der Waals surface area contributed by atoms with Crippen LogP contribution in [-0.2, 0) is 13.1 Å². The zero-order valence-electron chi connectivity index (χ0n) is 28.7. The van der Waals surface area contributed by atoms with Gasteiger partial charge in [0.15, 0.2) is 0 Å². The summed E-state index contributed by atoms with van der Waals surface area (Å²) < 4.78 is 0. The number of fused-ring (bicyclic) bond motifs is 8. The van der Waals surface area contributed by atoms with Crippen LogP contribution in [0.2, 0.25) is 0 Å². The van der Waals surface area contributed by atoms with Crippen LogP contribution in [0.5, 0.6) is 0 Å². The molecule has 2 aliphatic carbocycles. The van der Waals surface area contributed by atoms with E-state index in [-0.39, 0.29) is 11.8 Å². The van der Waals surface area contributed by atoms with Crippen molar-refractivity contribution in [2.45, 2.75) is 13.1 Å². The lowest BCUT2D eigenvalue weighted by Gasteiger charge is -2.09. The van der Waals surface area contributed by atoms with Gasteiger partial charge in [-0.3, -0.25) is 9.59 Å². The van der Waals surface area contributed by atoms with Gasteiger partial charge >= 0.3 is 0 Å². The van der Waals surface area contributed by atoms with Gasteiger partial charge < -0.3 is 10.6 Å². The van der Waals surface area contributed by atoms with Crippen molar-refractivity contribution in [1.29, 1.82) is 0 Å². The Kier molecular flexibility index (Phi) is 6.51. The van der Waals surface area contributed by atoms with E-state index < -0.39 is 0 Å². The monoisotopic (exact) mass is 696 g/mol. The van der Waals surface area contributed by atoms with Crippen LogP contribution >= 0.6 is 0 Å². The zero-order chi connectivity index (χ0) is 35.9. The van der Waals surface area contributed by atoms with Gasteiger partial charge in [0.05, 0.1) is 44.8 Å². The minimum absolute atomic E-state index is 0.187. The van der Waals surface area contributed by atoms with E-state index in [1.807, 2.05) is 60.7 Å². The van der Waals surface area contributed by atoms with E-state index >= 15 is 0 Å². The van der Waals surface area contributed by atoms with E-state index in [0.29, 0.717) is 35.2 Å². The number of hydrogen-bond donors (Lipinski definition) is 2. The van der Waals surface area contributed by atoms with Crippen LogP contribution in [0.25, 0.3) is 88.6 Å². The van der Waals surface area contributed by atoms with Gasteiger partial charge in [-0.2, -0.15) is 0 Å². The first-order valence-electron chi connectivity index (χ1n) is 17.9. The molecule has 54 heavy (non-hydrogen) atoms. The molecule has 0 unspecified atom stereocenters. The fraction of sp³-hybridized carbons (Fsp3) is 0.0435. The summed E-state index contributed by atoms with van der Waals surface area (Å²) in [7, 11) is 0. The van der Waals surface area contributed by atoms with Gasteiger partial charge in [0.25, 0.3) is 11.8 Å². The number of hydrogen-bond acceptors (Lipinski definition) is 6. The smallest absolute Gasteiger partial charge is 0.251 e. The van der Waals surface area contributed by atoms with Gasteiger partial charge in [0.2, 0.25) is 0 Å². The van der Waals surface area contributed by atoms with Crippen LogP contribution in [0.3, 0.4) is 0 Å². The highest BCUT2D eigenvalue weighted by Gasteiger charge is 2.26. The van der Waals surface area contributed by atoms with Crippen LogP contribution in [0, 0.1) is 0 Å². The fourth-order valence-electron chi connectivity index (χ4n) is 7.96. The summed E-state index contributed by atoms with van der Waals surface area (Å²) in [6, 6.07) is 43.7. The van der Waals surface area contributed by atoms with Crippen LogP contribution in [0.4, 0.5) is 0 Å². The molecule has 0 saturated carbocycles. The summed E-state index contributed by atoms with van der Waals surface area (Å²) in [5.74, 6) is -0.375. The average Bonchev–Trinajstić information content (AvgIpc) is 3.70. The van der Waals surface area contributed by atoms with Crippen molar-refractivity contribution in [3.05, 3.63) is 156 Å². The molecule has 0 atom stereocenters. The molecule has 254 valence electrons. The van der Waals surface area contributed by atoms with Crippen molar-refractivity contribution in [3.63, 3.8) is 0 Å². The van der Waals surface area contributed by atoms with Gasteiger partial charge in [0, 0.05) is 57.2 Å². The highest BCUT2D eigenvalue weighted by molar-refractivity contribution is 6.15. The molecule has 0 aliphatic heterocycles. The summed E-state index contributed by atoms with van der Waals surface area (Å²) in [5, 5.41) is 10.7. The Morgan fingerprint density at radius 1 is 0.407 bits per heavy atom. The van der Waals surface area contributed by atoms with Crippen molar-refractivity contribution < 1.29 is 9.59 Å². The molecule has 2 aliphatic rings. The molecule has 2 heterocycles.